The summed E-state index contributed by atoms with van der Waals surface area (Å²) in [7, 11) is 0. The van der Waals surface area contributed by atoms with Crippen LogP contribution in [0.15, 0.2) is 53.5 Å². The lowest BCUT2D eigenvalue weighted by Gasteiger charge is -2.18. The fourth-order valence-corrected chi connectivity index (χ4v) is 3.76. The first kappa shape index (κ1) is 24.2. The Morgan fingerprint density at radius 3 is 2.49 bits per heavy atom. The number of ether oxygens (including phenoxy) is 1. The van der Waals surface area contributed by atoms with E-state index in [0.717, 1.165) is 22.5 Å². The minimum Gasteiger partial charge on any atom is -0.471 e. The van der Waals surface area contributed by atoms with Crippen molar-refractivity contribution in [1.82, 2.24) is 24.5 Å². The fourth-order valence-electron chi connectivity index (χ4n) is 3.76. The van der Waals surface area contributed by atoms with Crippen LogP contribution in [0.25, 0.3) is 16.9 Å². The Balaban J connectivity index is 1.72. The molecular formula is C27H29N5O3. The van der Waals surface area contributed by atoms with Gasteiger partial charge in [0, 0.05) is 17.5 Å². The van der Waals surface area contributed by atoms with Gasteiger partial charge in [-0.3, -0.25) is 14.3 Å². The van der Waals surface area contributed by atoms with E-state index >= 15 is 0 Å². The van der Waals surface area contributed by atoms with Gasteiger partial charge in [0.1, 0.15) is 18.0 Å². The highest BCUT2D eigenvalue weighted by Crippen LogP contribution is 2.26. The van der Waals surface area contributed by atoms with Crippen LogP contribution in [0.4, 0.5) is 0 Å². The van der Waals surface area contributed by atoms with Crippen molar-refractivity contribution in [3.8, 4) is 22.8 Å². The van der Waals surface area contributed by atoms with Crippen molar-refractivity contribution in [2.24, 2.45) is 0 Å². The Bertz CT molecular complexity index is 1450. The standard InChI is InChI=1S/C27H29N5O3/c1-16-10-11-20(22-12-13-28-26(31-22)27(5,6)34)14-23(16)32-19(4)30-24(18(3)25(32)33)35-15-21-9-7-8-17(2)29-21/h7-14,34H,15H2,1-6H3. The van der Waals surface area contributed by atoms with Crippen LogP contribution in [-0.2, 0) is 12.2 Å². The number of pyridine rings is 1. The molecule has 0 spiro atoms. The van der Waals surface area contributed by atoms with E-state index in [0.29, 0.717) is 34.5 Å². The van der Waals surface area contributed by atoms with Crippen LogP contribution >= 0.6 is 0 Å². The van der Waals surface area contributed by atoms with Crippen molar-refractivity contribution in [3.05, 3.63) is 93.2 Å². The Labute approximate surface area is 204 Å². The molecule has 0 radical (unpaired) electrons. The summed E-state index contributed by atoms with van der Waals surface area (Å²) in [5.74, 6) is 1.13. The molecule has 0 fully saturated rings. The molecule has 0 amide bonds. The van der Waals surface area contributed by atoms with Gasteiger partial charge in [-0.15, -0.1) is 0 Å². The molecule has 35 heavy (non-hydrogen) atoms. The average Bonchev–Trinajstić information content (AvgIpc) is 2.81. The van der Waals surface area contributed by atoms with E-state index in [4.69, 9.17) is 4.74 Å². The number of aryl methyl sites for hydroxylation is 3. The summed E-state index contributed by atoms with van der Waals surface area (Å²) in [6.45, 7) is 10.9. The smallest absolute Gasteiger partial charge is 0.264 e. The molecule has 0 aliphatic carbocycles. The average molecular weight is 472 g/mol. The second-order valence-corrected chi connectivity index (χ2v) is 9.11. The molecule has 4 rings (SSSR count). The molecular weight excluding hydrogens is 442 g/mol. The van der Waals surface area contributed by atoms with Crippen LogP contribution in [0, 0.1) is 27.7 Å². The molecule has 4 aromatic rings. The first-order chi connectivity index (χ1) is 16.5. The molecule has 0 saturated carbocycles. The van der Waals surface area contributed by atoms with Crippen LogP contribution in [0.2, 0.25) is 0 Å². The van der Waals surface area contributed by atoms with Gasteiger partial charge in [-0.05, 0) is 71.4 Å². The molecule has 8 nitrogen and oxygen atoms in total. The van der Waals surface area contributed by atoms with Crippen molar-refractivity contribution in [1.29, 1.82) is 0 Å². The number of nitrogens with zero attached hydrogens (tertiary/aromatic N) is 5. The largest absolute Gasteiger partial charge is 0.471 e. The van der Waals surface area contributed by atoms with E-state index < -0.39 is 5.60 Å². The van der Waals surface area contributed by atoms with Gasteiger partial charge in [0.05, 0.1) is 22.6 Å². The van der Waals surface area contributed by atoms with Crippen LogP contribution in [-0.4, -0.2) is 29.6 Å². The molecule has 0 saturated heterocycles. The van der Waals surface area contributed by atoms with Crippen molar-refractivity contribution in [3.63, 3.8) is 0 Å². The van der Waals surface area contributed by atoms with E-state index in [1.54, 1.807) is 44.5 Å². The fraction of sp³-hybridized carbons (Fsp3) is 0.296. The van der Waals surface area contributed by atoms with Crippen LogP contribution in [0.5, 0.6) is 5.88 Å². The summed E-state index contributed by atoms with van der Waals surface area (Å²) in [5.41, 5.74) is 3.78. The molecule has 0 unspecified atom stereocenters. The molecule has 0 bridgehead atoms. The van der Waals surface area contributed by atoms with Crippen molar-refractivity contribution >= 4 is 0 Å². The summed E-state index contributed by atoms with van der Waals surface area (Å²) >= 11 is 0. The zero-order valence-corrected chi connectivity index (χ0v) is 20.8. The molecule has 0 aliphatic heterocycles. The van der Waals surface area contributed by atoms with Gasteiger partial charge in [0.15, 0.2) is 5.82 Å². The van der Waals surface area contributed by atoms with E-state index in [1.165, 1.54) is 0 Å². The third-order valence-corrected chi connectivity index (χ3v) is 5.68. The summed E-state index contributed by atoms with van der Waals surface area (Å²) in [6.07, 6.45) is 1.62. The zero-order chi connectivity index (χ0) is 25.3. The zero-order valence-electron chi connectivity index (χ0n) is 20.8. The molecule has 0 atom stereocenters. The lowest BCUT2D eigenvalue weighted by Crippen LogP contribution is -2.26. The van der Waals surface area contributed by atoms with Crippen LogP contribution < -0.4 is 10.3 Å². The maximum Gasteiger partial charge on any atom is 0.264 e. The van der Waals surface area contributed by atoms with Crippen molar-refractivity contribution < 1.29 is 9.84 Å². The first-order valence-corrected chi connectivity index (χ1v) is 11.4. The van der Waals surface area contributed by atoms with Gasteiger partial charge < -0.3 is 9.84 Å². The quantitative estimate of drug-likeness (QED) is 0.451. The third kappa shape index (κ3) is 5.12. The molecule has 180 valence electrons. The van der Waals surface area contributed by atoms with Crippen LogP contribution in [0.1, 0.15) is 48.0 Å². The highest BCUT2D eigenvalue weighted by atomic mass is 16.5. The second kappa shape index (κ2) is 9.38. The lowest BCUT2D eigenvalue weighted by molar-refractivity contribution is 0.0688. The van der Waals surface area contributed by atoms with E-state index in [1.807, 2.05) is 50.2 Å². The third-order valence-electron chi connectivity index (χ3n) is 5.68. The number of aliphatic hydroxyl groups is 1. The van der Waals surface area contributed by atoms with E-state index in [-0.39, 0.29) is 12.2 Å². The molecule has 8 heteroatoms. The normalized spacial score (nSPS) is 11.5. The summed E-state index contributed by atoms with van der Waals surface area (Å²) < 4.78 is 7.46. The highest BCUT2D eigenvalue weighted by molar-refractivity contribution is 5.64. The number of aromatic nitrogens is 5. The monoisotopic (exact) mass is 471 g/mol. The predicted molar refractivity (Wildman–Crippen MR) is 134 cm³/mol. The topological polar surface area (TPSA) is 103 Å². The maximum atomic E-state index is 13.4. The number of rotatable bonds is 6. The van der Waals surface area contributed by atoms with Gasteiger partial charge in [-0.1, -0.05) is 18.2 Å². The van der Waals surface area contributed by atoms with Gasteiger partial charge in [0.25, 0.3) is 5.56 Å². The summed E-state index contributed by atoms with van der Waals surface area (Å²) in [6, 6.07) is 13.3. The SMILES string of the molecule is Cc1cccc(COc2nc(C)n(-c3cc(-c4ccnc(C(C)(C)O)n4)ccc3C)c(=O)c2C)n1. The molecule has 0 aliphatic rings. The molecule has 1 aromatic carbocycles. The van der Waals surface area contributed by atoms with Crippen molar-refractivity contribution in [2.45, 2.75) is 53.8 Å². The number of hydrogen-bond acceptors (Lipinski definition) is 7. The van der Waals surface area contributed by atoms with Crippen LogP contribution in [0.3, 0.4) is 0 Å². The van der Waals surface area contributed by atoms with Gasteiger partial charge >= 0.3 is 0 Å². The van der Waals surface area contributed by atoms with Gasteiger partial charge in [-0.2, -0.15) is 4.98 Å². The van der Waals surface area contributed by atoms with Gasteiger partial charge in [-0.25, -0.2) is 9.97 Å². The maximum absolute atomic E-state index is 13.4. The summed E-state index contributed by atoms with van der Waals surface area (Å²) in [5, 5.41) is 10.3. The van der Waals surface area contributed by atoms with Gasteiger partial charge in [0.2, 0.25) is 5.88 Å². The van der Waals surface area contributed by atoms with Crippen molar-refractivity contribution in [2.75, 3.05) is 0 Å². The second-order valence-electron chi connectivity index (χ2n) is 9.11. The first-order valence-electron chi connectivity index (χ1n) is 11.4. The number of hydrogen-bond donors (Lipinski definition) is 1. The lowest BCUT2D eigenvalue weighted by atomic mass is 10.1. The van der Waals surface area contributed by atoms with E-state index in [9.17, 15) is 9.90 Å². The molecule has 3 aromatic heterocycles. The minimum absolute atomic E-state index is 0.204. The Hall–Kier alpha value is -3.91. The Kier molecular flexibility index (Phi) is 6.49. The minimum atomic E-state index is -1.16. The van der Waals surface area contributed by atoms with E-state index in [2.05, 4.69) is 19.9 Å². The Morgan fingerprint density at radius 2 is 1.77 bits per heavy atom. The molecule has 3 heterocycles. The number of benzene rings is 1. The highest BCUT2D eigenvalue weighted by Gasteiger charge is 2.21. The summed E-state index contributed by atoms with van der Waals surface area (Å²) in [4.78, 5) is 31.2. The predicted octanol–water partition coefficient (Wildman–Crippen LogP) is 4.12. The molecule has 1 N–H and O–H groups in total. The Morgan fingerprint density at radius 1 is 1.00 bits per heavy atom.